The van der Waals surface area contributed by atoms with Crippen LogP contribution in [0.1, 0.15) is 30.9 Å². The maximum Gasteiger partial charge on any atom is 0.266 e. The first-order valence-electron chi connectivity index (χ1n) is 8.46. The Hall–Kier alpha value is -3.26. The Morgan fingerprint density at radius 3 is 2.62 bits per heavy atom. The van der Waals surface area contributed by atoms with Crippen molar-refractivity contribution in [3.05, 3.63) is 59.2 Å². The molecule has 0 bridgehead atoms. The number of ether oxygens (including phenoxy) is 1. The molecule has 2 aromatic carbocycles. The summed E-state index contributed by atoms with van der Waals surface area (Å²) in [5.74, 6) is -0.212. The van der Waals surface area contributed by atoms with Crippen molar-refractivity contribution in [2.75, 3.05) is 12.4 Å². The molecule has 0 atom stereocenters. The number of carbonyl (C=O) groups is 1. The number of nitrogens with one attached hydrogen (secondary N) is 1. The minimum atomic E-state index is -0.485. The normalized spacial score (nSPS) is 10.9. The highest BCUT2D eigenvalue weighted by Crippen LogP contribution is 2.27. The zero-order valence-corrected chi connectivity index (χ0v) is 15.0. The lowest BCUT2D eigenvalue weighted by Gasteiger charge is -2.07. The molecule has 0 aliphatic carbocycles. The van der Waals surface area contributed by atoms with Gasteiger partial charge in [0.15, 0.2) is 11.5 Å². The first kappa shape index (κ1) is 19.1. The van der Waals surface area contributed by atoms with Gasteiger partial charge in [-0.3, -0.25) is 4.79 Å². The van der Waals surface area contributed by atoms with E-state index in [1.165, 1.54) is 24.8 Å². The summed E-state index contributed by atoms with van der Waals surface area (Å²) in [4.78, 5) is 12.3. The fraction of sp³-hybridized carbons (Fsp3) is 0.238. The van der Waals surface area contributed by atoms with Crippen LogP contribution < -0.4 is 10.1 Å². The van der Waals surface area contributed by atoms with E-state index < -0.39 is 5.91 Å². The van der Waals surface area contributed by atoms with E-state index in [9.17, 15) is 15.2 Å². The number of hydrogen-bond acceptors (Lipinski definition) is 4. The Kier molecular flexibility index (Phi) is 6.81. The molecule has 134 valence electrons. The molecule has 0 unspecified atom stereocenters. The number of carbonyl (C=O) groups excluding carboxylic acids is 1. The van der Waals surface area contributed by atoms with Crippen LogP contribution >= 0.6 is 0 Å². The molecule has 26 heavy (non-hydrogen) atoms. The zero-order valence-electron chi connectivity index (χ0n) is 15.0. The highest BCUT2D eigenvalue weighted by Gasteiger charge is 2.10. The first-order valence-corrected chi connectivity index (χ1v) is 8.46. The minimum absolute atomic E-state index is 0.00391. The van der Waals surface area contributed by atoms with Gasteiger partial charge in [0.05, 0.1) is 7.11 Å². The van der Waals surface area contributed by atoms with Crippen LogP contribution in [-0.2, 0) is 11.2 Å². The predicted octanol–water partition coefficient (Wildman–Crippen LogP) is 4.29. The first-order chi connectivity index (χ1) is 12.6. The Balaban J connectivity index is 2.12. The second-order valence-electron chi connectivity index (χ2n) is 5.86. The molecule has 0 aliphatic rings. The number of amides is 1. The average Bonchev–Trinajstić information content (AvgIpc) is 2.66. The lowest BCUT2D eigenvalue weighted by atomic mass is 10.1. The number of phenolic OH excluding ortho intramolecular Hbond substituents is 1. The second-order valence-corrected chi connectivity index (χ2v) is 5.86. The number of hydrogen-bond donors (Lipinski definition) is 2. The van der Waals surface area contributed by atoms with Crippen molar-refractivity contribution in [1.82, 2.24) is 0 Å². The van der Waals surface area contributed by atoms with Crippen LogP contribution in [0.3, 0.4) is 0 Å². The molecule has 2 N–H and O–H groups in total. The summed E-state index contributed by atoms with van der Waals surface area (Å²) in [6.45, 7) is 2.15. The van der Waals surface area contributed by atoms with Crippen LogP contribution in [0.2, 0.25) is 0 Å². The standard InChI is InChI=1S/C21H22N2O3/c1-3-4-5-15-6-9-18(10-7-15)23-21(25)17(14-22)12-16-8-11-19(24)20(13-16)26-2/h6-13,24H,3-5H2,1-2H3,(H,23,25)/b17-12+. The summed E-state index contributed by atoms with van der Waals surface area (Å²) in [5, 5.41) is 21.6. The molecule has 0 aliphatic heterocycles. The summed E-state index contributed by atoms with van der Waals surface area (Å²) >= 11 is 0. The Morgan fingerprint density at radius 1 is 1.27 bits per heavy atom. The van der Waals surface area contributed by atoms with Crippen molar-refractivity contribution >= 4 is 17.7 Å². The van der Waals surface area contributed by atoms with Crippen molar-refractivity contribution in [3.8, 4) is 17.6 Å². The van der Waals surface area contributed by atoms with Gasteiger partial charge >= 0.3 is 0 Å². The molecule has 0 saturated heterocycles. The molecule has 1 amide bonds. The second kappa shape index (κ2) is 9.28. The topological polar surface area (TPSA) is 82.4 Å². The highest BCUT2D eigenvalue weighted by atomic mass is 16.5. The number of nitrogens with zero attached hydrogens (tertiary/aromatic N) is 1. The number of rotatable bonds is 7. The van der Waals surface area contributed by atoms with Crippen LogP contribution in [0.4, 0.5) is 5.69 Å². The van der Waals surface area contributed by atoms with Crippen LogP contribution in [0, 0.1) is 11.3 Å². The highest BCUT2D eigenvalue weighted by molar-refractivity contribution is 6.09. The monoisotopic (exact) mass is 350 g/mol. The maximum atomic E-state index is 12.3. The van der Waals surface area contributed by atoms with Crippen molar-refractivity contribution in [2.24, 2.45) is 0 Å². The molecule has 5 nitrogen and oxygen atoms in total. The lowest BCUT2D eigenvalue weighted by molar-refractivity contribution is -0.112. The summed E-state index contributed by atoms with van der Waals surface area (Å²) in [7, 11) is 1.44. The number of unbranched alkanes of at least 4 members (excludes halogenated alkanes) is 1. The molecule has 2 aromatic rings. The fourth-order valence-electron chi connectivity index (χ4n) is 2.43. The third-order valence-electron chi connectivity index (χ3n) is 3.91. The smallest absolute Gasteiger partial charge is 0.266 e. The number of aryl methyl sites for hydroxylation is 1. The number of nitriles is 1. The third-order valence-corrected chi connectivity index (χ3v) is 3.91. The van der Waals surface area contributed by atoms with E-state index >= 15 is 0 Å². The van der Waals surface area contributed by atoms with E-state index in [1.807, 2.05) is 30.3 Å². The Bertz CT molecular complexity index is 833. The van der Waals surface area contributed by atoms with E-state index in [-0.39, 0.29) is 17.1 Å². The molecule has 0 saturated carbocycles. The van der Waals surface area contributed by atoms with Crippen molar-refractivity contribution in [2.45, 2.75) is 26.2 Å². The van der Waals surface area contributed by atoms with E-state index in [4.69, 9.17) is 4.74 Å². The summed E-state index contributed by atoms with van der Waals surface area (Å²) in [6.07, 6.45) is 4.73. The van der Waals surface area contributed by atoms with Crippen molar-refractivity contribution < 1.29 is 14.6 Å². The molecular formula is C21H22N2O3. The summed E-state index contributed by atoms with van der Waals surface area (Å²) < 4.78 is 5.03. The Morgan fingerprint density at radius 2 is 2.00 bits per heavy atom. The van der Waals surface area contributed by atoms with E-state index in [1.54, 1.807) is 12.1 Å². The molecular weight excluding hydrogens is 328 g/mol. The zero-order chi connectivity index (χ0) is 18.9. The molecule has 0 radical (unpaired) electrons. The van der Waals surface area contributed by atoms with Crippen molar-refractivity contribution in [3.63, 3.8) is 0 Å². The average molecular weight is 350 g/mol. The summed E-state index contributed by atoms with van der Waals surface area (Å²) in [6, 6.07) is 14.1. The third kappa shape index (κ3) is 5.12. The molecule has 0 fully saturated rings. The molecule has 0 aromatic heterocycles. The quantitative estimate of drug-likeness (QED) is 0.576. The number of aromatic hydroxyl groups is 1. The molecule has 5 heteroatoms. The molecule has 0 spiro atoms. The molecule has 2 rings (SSSR count). The van der Waals surface area contributed by atoms with Gasteiger partial charge in [-0.15, -0.1) is 0 Å². The number of phenols is 1. The van der Waals surface area contributed by atoms with Crippen LogP contribution in [0.5, 0.6) is 11.5 Å². The van der Waals surface area contributed by atoms with Crippen LogP contribution in [-0.4, -0.2) is 18.1 Å². The van der Waals surface area contributed by atoms with Crippen LogP contribution in [0.25, 0.3) is 6.08 Å². The van der Waals surface area contributed by atoms with Crippen molar-refractivity contribution in [1.29, 1.82) is 5.26 Å². The number of methoxy groups -OCH3 is 1. The van der Waals surface area contributed by atoms with Gasteiger partial charge in [0.1, 0.15) is 11.6 Å². The van der Waals surface area contributed by atoms with E-state index in [0.717, 1.165) is 19.3 Å². The number of benzene rings is 2. The largest absolute Gasteiger partial charge is 0.504 e. The fourth-order valence-corrected chi connectivity index (χ4v) is 2.43. The van der Waals surface area contributed by atoms with Gasteiger partial charge < -0.3 is 15.2 Å². The summed E-state index contributed by atoms with van der Waals surface area (Å²) in [5.41, 5.74) is 2.41. The van der Waals surface area contributed by atoms with E-state index in [0.29, 0.717) is 11.3 Å². The van der Waals surface area contributed by atoms with Gasteiger partial charge in [-0.2, -0.15) is 5.26 Å². The van der Waals surface area contributed by atoms with Gasteiger partial charge in [0, 0.05) is 5.69 Å². The van der Waals surface area contributed by atoms with Gasteiger partial charge in [-0.1, -0.05) is 31.5 Å². The van der Waals surface area contributed by atoms with Crippen LogP contribution in [0.15, 0.2) is 48.0 Å². The SMILES string of the molecule is CCCCc1ccc(NC(=O)/C(C#N)=C/c2ccc(O)c(OC)c2)cc1. The van der Waals surface area contributed by atoms with Gasteiger partial charge in [-0.05, 0) is 54.3 Å². The van der Waals surface area contributed by atoms with E-state index in [2.05, 4.69) is 12.2 Å². The van der Waals surface area contributed by atoms with Gasteiger partial charge in [0.2, 0.25) is 0 Å². The van der Waals surface area contributed by atoms with Gasteiger partial charge in [0.25, 0.3) is 5.91 Å². The maximum absolute atomic E-state index is 12.3. The predicted molar refractivity (Wildman–Crippen MR) is 102 cm³/mol. The Labute approximate surface area is 153 Å². The van der Waals surface area contributed by atoms with Gasteiger partial charge in [-0.25, -0.2) is 0 Å². The molecule has 0 heterocycles. The number of anilines is 1. The minimum Gasteiger partial charge on any atom is -0.504 e. The lowest BCUT2D eigenvalue weighted by Crippen LogP contribution is -2.13.